The molecule has 4 aromatic rings. The van der Waals surface area contributed by atoms with Crippen molar-refractivity contribution in [2.45, 2.75) is 11.8 Å². The van der Waals surface area contributed by atoms with Crippen molar-refractivity contribution in [3.63, 3.8) is 0 Å². The molecule has 0 radical (unpaired) electrons. The number of nitrogens with one attached hydrogen (secondary N) is 2. The Balaban J connectivity index is 1.55. The van der Waals surface area contributed by atoms with Gasteiger partial charge in [-0.25, -0.2) is 8.42 Å². The first-order chi connectivity index (χ1) is 16.4. The van der Waals surface area contributed by atoms with Crippen LogP contribution >= 0.6 is 0 Å². The van der Waals surface area contributed by atoms with Crippen LogP contribution in [0.5, 0.6) is 0 Å². The minimum atomic E-state index is -3.76. The molecule has 34 heavy (non-hydrogen) atoms. The molecule has 0 fully saturated rings. The van der Waals surface area contributed by atoms with Gasteiger partial charge in [0.25, 0.3) is 15.9 Å². The lowest BCUT2D eigenvalue weighted by molar-refractivity contribution is -0.111. The van der Waals surface area contributed by atoms with Crippen LogP contribution in [0.4, 0.5) is 11.4 Å². The molecule has 0 aliphatic heterocycles. The second kappa shape index (κ2) is 10.2. The number of hydrogen-bond acceptors (Lipinski definition) is 3. The molecule has 4 rings (SSSR count). The highest BCUT2D eigenvalue weighted by Crippen LogP contribution is 2.23. The molecule has 0 heterocycles. The zero-order valence-corrected chi connectivity index (χ0v) is 19.4. The molecule has 6 heteroatoms. The second-order valence-corrected chi connectivity index (χ2v) is 9.42. The van der Waals surface area contributed by atoms with Crippen molar-refractivity contribution in [1.29, 1.82) is 0 Å². The van der Waals surface area contributed by atoms with Crippen LogP contribution in [-0.4, -0.2) is 14.3 Å². The van der Waals surface area contributed by atoms with Crippen molar-refractivity contribution in [2.75, 3.05) is 10.0 Å². The molecular formula is C28H24N2O3S. The van der Waals surface area contributed by atoms with Crippen LogP contribution in [0.15, 0.2) is 114 Å². The van der Waals surface area contributed by atoms with Gasteiger partial charge < -0.3 is 5.32 Å². The molecule has 0 bridgehead atoms. The first-order valence-corrected chi connectivity index (χ1v) is 12.2. The SMILES string of the molecule is Cc1ccccc1NS(=O)(=O)c1ccc(NC(=O)/C(=C/c2ccccc2)c2ccccc2)cc1. The fourth-order valence-electron chi connectivity index (χ4n) is 3.42. The summed E-state index contributed by atoms with van der Waals surface area (Å²) in [4.78, 5) is 13.3. The van der Waals surface area contributed by atoms with Crippen molar-refractivity contribution in [2.24, 2.45) is 0 Å². The van der Waals surface area contributed by atoms with Crippen molar-refractivity contribution >= 4 is 39.0 Å². The Hall–Kier alpha value is -4.16. The maximum absolute atomic E-state index is 13.2. The van der Waals surface area contributed by atoms with Crippen LogP contribution in [0, 0.1) is 6.92 Å². The van der Waals surface area contributed by atoms with E-state index in [0.717, 1.165) is 16.7 Å². The molecule has 0 atom stereocenters. The van der Waals surface area contributed by atoms with Gasteiger partial charge >= 0.3 is 0 Å². The number of aryl methyl sites for hydroxylation is 1. The van der Waals surface area contributed by atoms with E-state index in [1.807, 2.05) is 85.8 Å². The molecule has 0 unspecified atom stereocenters. The van der Waals surface area contributed by atoms with Crippen LogP contribution in [0.25, 0.3) is 11.6 Å². The first-order valence-electron chi connectivity index (χ1n) is 10.7. The summed E-state index contributed by atoms with van der Waals surface area (Å²) >= 11 is 0. The number of benzene rings is 4. The smallest absolute Gasteiger partial charge is 0.261 e. The van der Waals surface area contributed by atoms with Crippen molar-refractivity contribution in [1.82, 2.24) is 0 Å². The number of rotatable bonds is 7. The first kappa shape index (κ1) is 23.0. The van der Waals surface area contributed by atoms with Gasteiger partial charge in [0, 0.05) is 11.3 Å². The van der Waals surface area contributed by atoms with Crippen LogP contribution in [0.1, 0.15) is 16.7 Å². The Labute approximate surface area is 199 Å². The molecule has 1 amide bonds. The lowest BCUT2D eigenvalue weighted by atomic mass is 10.0. The molecular weight excluding hydrogens is 444 g/mol. The predicted octanol–water partition coefficient (Wildman–Crippen LogP) is 5.98. The lowest BCUT2D eigenvalue weighted by Gasteiger charge is -2.12. The van der Waals surface area contributed by atoms with Crippen LogP contribution in [0.3, 0.4) is 0 Å². The number of sulfonamides is 1. The molecule has 0 saturated heterocycles. The molecule has 170 valence electrons. The lowest BCUT2D eigenvalue weighted by Crippen LogP contribution is -2.15. The van der Waals surface area contributed by atoms with Gasteiger partial charge in [-0.2, -0.15) is 0 Å². The fourth-order valence-corrected chi connectivity index (χ4v) is 4.55. The summed E-state index contributed by atoms with van der Waals surface area (Å²) in [6.07, 6.45) is 1.83. The average molecular weight is 469 g/mol. The van der Waals surface area contributed by atoms with Crippen molar-refractivity contribution in [3.8, 4) is 0 Å². The topological polar surface area (TPSA) is 75.3 Å². The molecule has 0 spiro atoms. The van der Waals surface area contributed by atoms with Crippen molar-refractivity contribution < 1.29 is 13.2 Å². The minimum Gasteiger partial charge on any atom is -0.322 e. The number of carbonyl (C=O) groups is 1. The zero-order chi connectivity index (χ0) is 24.0. The Morgan fingerprint density at radius 2 is 1.32 bits per heavy atom. The minimum absolute atomic E-state index is 0.108. The summed E-state index contributed by atoms with van der Waals surface area (Å²) in [7, 11) is -3.76. The summed E-state index contributed by atoms with van der Waals surface area (Å²) in [5, 5.41) is 2.88. The fraction of sp³-hybridized carbons (Fsp3) is 0.0357. The number of anilines is 2. The maximum Gasteiger partial charge on any atom is 0.261 e. The summed E-state index contributed by atoms with van der Waals surface area (Å²) < 4.78 is 28.2. The van der Waals surface area contributed by atoms with Crippen LogP contribution < -0.4 is 10.0 Å². The Morgan fingerprint density at radius 1 is 0.735 bits per heavy atom. The van der Waals surface area contributed by atoms with E-state index in [2.05, 4.69) is 10.0 Å². The highest BCUT2D eigenvalue weighted by Gasteiger charge is 2.16. The highest BCUT2D eigenvalue weighted by molar-refractivity contribution is 7.92. The van der Waals surface area contributed by atoms with Crippen molar-refractivity contribution in [3.05, 3.63) is 126 Å². The summed E-state index contributed by atoms with van der Waals surface area (Å²) in [6.45, 7) is 1.84. The quantitative estimate of drug-likeness (QED) is 0.259. The van der Waals surface area contributed by atoms with Gasteiger partial charge in [-0.1, -0.05) is 78.9 Å². The van der Waals surface area contributed by atoms with E-state index in [-0.39, 0.29) is 10.8 Å². The van der Waals surface area contributed by atoms with E-state index >= 15 is 0 Å². The highest BCUT2D eigenvalue weighted by atomic mass is 32.2. The van der Waals surface area contributed by atoms with Gasteiger partial charge in [0.1, 0.15) is 0 Å². The Kier molecular flexibility index (Phi) is 6.90. The van der Waals surface area contributed by atoms with Gasteiger partial charge in [-0.3, -0.25) is 9.52 Å². The maximum atomic E-state index is 13.2. The van der Waals surface area contributed by atoms with E-state index in [1.54, 1.807) is 24.3 Å². The van der Waals surface area contributed by atoms with Gasteiger partial charge in [0.2, 0.25) is 0 Å². The van der Waals surface area contributed by atoms with E-state index in [4.69, 9.17) is 0 Å². The molecule has 0 aliphatic rings. The van der Waals surface area contributed by atoms with Crippen LogP contribution in [-0.2, 0) is 14.8 Å². The number of carbonyl (C=O) groups excluding carboxylic acids is 1. The number of amides is 1. The Morgan fingerprint density at radius 3 is 1.97 bits per heavy atom. The normalized spacial score (nSPS) is 11.6. The van der Waals surface area contributed by atoms with E-state index in [0.29, 0.717) is 16.9 Å². The van der Waals surface area contributed by atoms with Gasteiger partial charge in [0.05, 0.1) is 10.6 Å². The Bertz CT molecular complexity index is 1410. The molecule has 0 aliphatic carbocycles. The molecule has 0 saturated carbocycles. The molecule has 5 nitrogen and oxygen atoms in total. The van der Waals surface area contributed by atoms with Gasteiger partial charge in [-0.05, 0) is 60.0 Å². The third-order valence-electron chi connectivity index (χ3n) is 5.25. The third-order valence-corrected chi connectivity index (χ3v) is 6.63. The van der Waals surface area contributed by atoms with Crippen LogP contribution in [0.2, 0.25) is 0 Å². The number of para-hydroxylation sites is 1. The number of hydrogen-bond donors (Lipinski definition) is 2. The summed E-state index contributed by atoms with van der Waals surface area (Å²) in [6, 6.07) is 32.3. The predicted molar refractivity (Wildman–Crippen MR) is 138 cm³/mol. The standard InChI is InChI=1S/C28H24N2O3S/c1-21-10-8-9-15-27(21)30-34(32,33)25-18-16-24(17-19-25)29-28(31)26(23-13-6-3-7-14-23)20-22-11-4-2-5-12-22/h2-20,30H,1H3,(H,29,31)/b26-20+. The van der Waals surface area contributed by atoms with Gasteiger partial charge in [-0.15, -0.1) is 0 Å². The summed E-state index contributed by atoms with van der Waals surface area (Å²) in [5.74, 6) is -0.288. The monoisotopic (exact) mass is 468 g/mol. The third kappa shape index (κ3) is 5.60. The van der Waals surface area contributed by atoms with E-state index < -0.39 is 10.0 Å². The molecule has 2 N–H and O–H groups in total. The van der Waals surface area contributed by atoms with E-state index in [9.17, 15) is 13.2 Å². The molecule has 4 aromatic carbocycles. The van der Waals surface area contributed by atoms with E-state index in [1.165, 1.54) is 12.1 Å². The molecule has 0 aromatic heterocycles. The average Bonchev–Trinajstić information content (AvgIpc) is 2.85. The summed E-state index contributed by atoms with van der Waals surface area (Å²) in [5.41, 5.74) is 4.04. The second-order valence-electron chi connectivity index (χ2n) is 7.73. The van der Waals surface area contributed by atoms with Gasteiger partial charge in [0.15, 0.2) is 0 Å². The largest absolute Gasteiger partial charge is 0.322 e. The zero-order valence-electron chi connectivity index (χ0n) is 18.6.